The number of hydrogen-bond acceptors (Lipinski definition) is 3. The van der Waals surface area contributed by atoms with Gasteiger partial charge in [-0.15, -0.1) is 0 Å². The van der Waals surface area contributed by atoms with Gasteiger partial charge < -0.3 is 5.73 Å². The summed E-state index contributed by atoms with van der Waals surface area (Å²) in [4.78, 5) is 28.1. The van der Waals surface area contributed by atoms with Crippen LogP contribution in [-0.4, -0.2) is 17.4 Å². The standard InChI is InChI=1S/C18H26N2O2/c1-11-6-4-9-16(11)17(13(3)21)12(2)20-18(19)14-7-5-8-15(22)10-14/h14H,4-10H2,1-3H3,(H2,19,20)/b17-12+. The lowest BCUT2D eigenvalue weighted by Gasteiger charge is -2.20. The Morgan fingerprint density at radius 2 is 1.91 bits per heavy atom. The van der Waals surface area contributed by atoms with Crippen molar-refractivity contribution in [2.75, 3.05) is 0 Å². The van der Waals surface area contributed by atoms with Crippen LogP contribution in [0.2, 0.25) is 0 Å². The minimum atomic E-state index is 0.0306. The van der Waals surface area contributed by atoms with Gasteiger partial charge in [-0.05, 0) is 58.4 Å². The predicted molar refractivity (Wildman–Crippen MR) is 88.5 cm³/mol. The molecule has 0 amide bonds. The van der Waals surface area contributed by atoms with Crippen LogP contribution >= 0.6 is 0 Å². The van der Waals surface area contributed by atoms with Gasteiger partial charge in [-0.25, -0.2) is 4.99 Å². The van der Waals surface area contributed by atoms with Crippen molar-refractivity contribution in [3.63, 3.8) is 0 Å². The Kier molecular flexibility index (Phi) is 5.33. The molecule has 0 saturated heterocycles. The smallest absolute Gasteiger partial charge is 0.161 e. The van der Waals surface area contributed by atoms with Crippen molar-refractivity contribution >= 4 is 17.4 Å². The topological polar surface area (TPSA) is 72.5 Å². The fourth-order valence-corrected chi connectivity index (χ4v) is 3.54. The molecule has 0 aromatic carbocycles. The van der Waals surface area contributed by atoms with Crippen LogP contribution in [0, 0.1) is 5.92 Å². The Morgan fingerprint density at radius 3 is 2.45 bits per heavy atom. The molecular formula is C18H26N2O2. The number of ketones is 2. The molecule has 2 N–H and O–H groups in total. The highest BCUT2D eigenvalue weighted by Gasteiger charge is 2.24. The molecule has 0 bridgehead atoms. The summed E-state index contributed by atoms with van der Waals surface area (Å²) in [5, 5.41) is 0. The normalized spacial score (nSPS) is 24.6. The first kappa shape index (κ1) is 16.7. The van der Waals surface area contributed by atoms with E-state index in [2.05, 4.69) is 11.9 Å². The molecule has 0 radical (unpaired) electrons. The van der Waals surface area contributed by atoms with Crippen molar-refractivity contribution in [2.24, 2.45) is 16.6 Å². The largest absolute Gasteiger partial charge is 0.387 e. The average molecular weight is 302 g/mol. The van der Waals surface area contributed by atoms with E-state index >= 15 is 0 Å². The maximum Gasteiger partial charge on any atom is 0.161 e. The van der Waals surface area contributed by atoms with E-state index < -0.39 is 0 Å². The van der Waals surface area contributed by atoms with Gasteiger partial charge in [0.05, 0.1) is 5.70 Å². The molecule has 1 atom stereocenters. The zero-order valence-electron chi connectivity index (χ0n) is 13.9. The first-order valence-corrected chi connectivity index (χ1v) is 8.16. The van der Waals surface area contributed by atoms with Crippen LogP contribution in [0.3, 0.4) is 0 Å². The van der Waals surface area contributed by atoms with Gasteiger partial charge >= 0.3 is 0 Å². The Labute approximate surface area is 132 Å². The number of hydrogen-bond donors (Lipinski definition) is 1. The minimum absolute atomic E-state index is 0.0306. The van der Waals surface area contributed by atoms with Crippen molar-refractivity contribution in [2.45, 2.75) is 65.7 Å². The number of nitrogens with two attached hydrogens (primary N) is 1. The summed E-state index contributed by atoms with van der Waals surface area (Å²) in [5.41, 5.74) is 9.96. The number of carbonyl (C=O) groups excluding carboxylic acids is 2. The third-order valence-electron chi connectivity index (χ3n) is 4.71. The van der Waals surface area contributed by atoms with E-state index in [1.165, 1.54) is 5.57 Å². The second-order valence-corrected chi connectivity index (χ2v) is 6.50. The number of carbonyl (C=O) groups is 2. The van der Waals surface area contributed by atoms with Crippen molar-refractivity contribution in [3.05, 3.63) is 22.4 Å². The number of rotatable bonds is 4. The summed E-state index contributed by atoms with van der Waals surface area (Å²) in [6, 6.07) is 0. The van der Waals surface area contributed by atoms with Gasteiger partial charge in [0.2, 0.25) is 0 Å². The Bertz CT molecular complexity index is 582. The van der Waals surface area contributed by atoms with Crippen LogP contribution < -0.4 is 5.73 Å². The maximum absolute atomic E-state index is 12.1. The lowest BCUT2D eigenvalue weighted by Crippen LogP contribution is -2.29. The molecule has 22 heavy (non-hydrogen) atoms. The number of amidine groups is 1. The van der Waals surface area contributed by atoms with E-state index in [1.54, 1.807) is 6.92 Å². The van der Waals surface area contributed by atoms with Crippen LogP contribution in [0.4, 0.5) is 0 Å². The fraction of sp³-hybridized carbons (Fsp3) is 0.611. The highest BCUT2D eigenvalue weighted by atomic mass is 16.1. The molecule has 2 rings (SSSR count). The van der Waals surface area contributed by atoms with E-state index in [4.69, 9.17) is 5.73 Å². The van der Waals surface area contributed by atoms with Crippen LogP contribution in [0.15, 0.2) is 27.4 Å². The van der Waals surface area contributed by atoms with E-state index in [0.29, 0.717) is 24.4 Å². The predicted octanol–water partition coefficient (Wildman–Crippen LogP) is 3.47. The fourth-order valence-electron chi connectivity index (χ4n) is 3.54. The monoisotopic (exact) mass is 302 g/mol. The summed E-state index contributed by atoms with van der Waals surface area (Å²) >= 11 is 0. The van der Waals surface area contributed by atoms with Crippen LogP contribution in [0.5, 0.6) is 0 Å². The average Bonchev–Trinajstić information content (AvgIpc) is 2.84. The number of allylic oxidation sites excluding steroid dienone is 4. The van der Waals surface area contributed by atoms with E-state index in [1.807, 2.05) is 6.92 Å². The van der Waals surface area contributed by atoms with Gasteiger partial charge in [0.1, 0.15) is 11.6 Å². The first-order valence-electron chi connectivity index (χ1n) is 8.16. The van der Waals surface area contributed by atoms with Crippen molar-refractivity contribution in [3.8, 4) is 0 Å². The summed E-state index contributed by atoms with van der Waals surface area (Å²) < 4.78 is 0. The first-order chi connectivity index (χ1) is 10.4. The molecule has 0 spiro atoms. The summed E-state index contributed by atoms with van der Waals surface area (Å²) in [5.74, 6) is 0.839. The molecule has 1 fully saturated rings. The van der Waals surface area contributed by atoms with Gasteiger partial charge in [-0.2, -0.15) is 0 Å². The van der Waals surface area contributed by atoms with Gasteiger partial charge in [0.15, 0.2) is 5.78 Å². The molecule has 0 aliphatic heterocycles. The number of nitrogens with zero attached hydrogens (tertiary/aromatic N) is 1. The minimum Gasteiger partial charge on any atom is -0.387 e. The third-order valence-corrected chi connectivity index (χ3v) is 4.71. The highest BCUT2D eigenvalue weighted by molar-refractivity contribution is 5.99. The molecule has 0 heterocycles. The van der Waals surface area contributed by atoms with Crippen molar-refractivity contribution in [1.82, 2.24) is 0 Å². The molecule has 1 saturated carbocycles. The van der Waals surface area contributed by atoms with Gasteiger partial charge in [-0.1, -0.05) is 5.57 Å². The van der Waals surface area contributed by atoms with Gasteiger partial charge in [0, 0.05) is 24.3 Å². The summed E-state index contributed by atoms with van der Waals surface area (Å²) in [6.07, 6.45) is 6.02. The van der Waals surface area contributed by atoms with E-state index in [-0.39, 0.29) is 17.5 Å². The zero-order chi connectivity index (χ0) is 16.3. The molecule has 0 aromatic rings. The third kappa shape index (κ3) is 3.73. The zero-order valence-corrected chi connectivity index (χ0v) is 13.9. The SMILES string of the molecule is CC(=O)/C(C1=C(C)CCC1)=C(/C)N=C(N)C1CCCC(=O)C1. The second kappa shape index (κ2) is 7.03. The lowest BCUT2D eigenvalue weighted by molar-refractivity contribution is -0.120. The summed E-state index contributed by atoms with van der Waals surface area (Å²) in [7, 11) is 0. The van der Waals surface area contributed by atoms with Gasteiger partial charge in [0.25, 0.3) is 0 Å². The van der Waals surface area contributed by atoms with Crippen LogP contribution in [0.1, 0.15) is 65.7 Å². The van der Waals surface area contributed by atoms with Crippen LogP contribution in [-0.2, 0) is 9.59 Å². The molecule has 2 aliphatic rings. The molecule has 120 valence electrons. The molecule has 1 unspecified atom stereocenters. The Balaban J connectivity index is 2.31. The highest BCUT2D eigenvalue weighted by Crippen LogP contribution is 2.33. The molecule has 4 heteroatoms. The van der Waals surface area contributed by atoms with E-state index in [0.717, 1.165) is 43.3 Å². The summed E-state index contributed by atoms with van der Waals surface area (Å²) in [6.45, 7) is 5.53. The Morgan fingerprint density at radius 1 is 1.18 bits per heavy atom. The lowest BCUT2D eigenvalue weighted by atomic mass is 9.87. The Hall–Kier alpha value is -1.71. The van der Waals surface area contributed by atoms with E-state index in [9.17, 15) is 9.59 Å². The maximum atomic E-state index is 12.1. The quantitative estimate of drug-likeness (QED) is 0.491. The molecule has 0 aromatic heterocycles. The molecule has 2 aliphatic carbocycles. The molecular weight excluding hydrogens is 276 g/mol. The molecule has 4 nitrogen and oxygen atoms in total. The van der Waals surface area contributed by atoms with Crippen molar-refractivity contribution < 1.29 is 9.59 Å². The number of aliphatic imine (C=N–C) groups is 1. The number of Topliss-reactive ketones (excluding diaryl/α,β-unsaturated/α-hetero) is 2. The second-order valence-electron chi connectivity index (χ2n) is 6.50. The van der Waals surface area contributed by atoms with Gasteiger partial charge in [-0.3, -0.25) is 9.59 Å². The van der Waals surface area contributed by atoms with Crippen LogP contribution in [0.25, 0.3) is 0 Å². The van der Waals surface area contributed by atoms with Crippen molar-refractivity contribution in [1.29, 1.82) is 0 Å².